The second-order valence-electron chi connectivity index (χ2n) is 5.56. The SMILES string of the molecule is Cc1ccc(F)c(NC(=O)c2cnn(-c3ncccc3Cl)c2C(F)(F)F)c1. The number of aromatic nitrogens is 3. The number of hydrogen-bond acceptors (Lipinski definition) is 3. The molecule has 0 aliphatic carbocycles. The molecule has 140 valence electrons. The molecule has 3 aromatic rings. The number of anilines is 1. The molecule has 1 aromatic carbocycles. The number of carbonyl (C=O) groups excluding carboxylic acids is 1. The van der Waals surface area contributed by atoms with Crippen LogP contribution in [0.1, 0.15) is 21.6 Å². The molecular formula is C17H11ClF4N4O. The quantitative estimate of drug-likeness (QED) is 0.654. The van der Waals surface area contributed by atoms with E-state index in [2.05, 4.69) is 15.4 Å². The lowest BCUT2D eigenvalue weighted by atomic mass is 10.2. The molecule has 0 unspecified atom stereocenters. The molecule has 2 aromatic heterocycles. The predicted octanol–water partition coefficient (Wildman–Crippen LogP) is 4.64. The second kappa shape index (κ2) is 6.99. The van der Waals surface area contributed by atoms with Gasteiger partial charge in [0.25, 0.3) is 5.91 Å². The molecule has 5 nitrogen and oxygen atoms in total. The predicted molar refractivity (Wildman–Crippen MR) is 90.5 cm³/mol. The van der Waals surface area contributed by atoms with Crippen molar-refractivity contribution in [3.05, 3.63) is 70.4 Å². The zero-order valence-corrected chi connectivity index (χ0v) is 14.4. The highest BCUT2D eigenvalue weighted by Gasteiger charge is 2.41. The molecule has 0 bridgehead atoms. The first-order chi connectivity index (χ1) is 12.7. The van der Waals surface area contributed by atoms with Crippen LogP contribution in [0.25, 0.3) is 5.82 Å². The number of amides is 1. The fourth-order valence-electron chi connectivity index (χ4n) is 2.41. The monoisotopic (exact) mass is 398 g/mol. The Morgan fingerprint density at radius 3 is 2.67 bits per heavy atom. The highest BCUT2D eigenvalue weighted by atomic mass is 35.5. The van der Waals surface area contributed by atoms with Crippen LogP contribution in [-0.2, 0) is 6.18 Å². The van der Waals surface area contributed by atoms with Gasteiger partial charge in [0.05, 0.1) is 22.5 Å². The summed E-state index contributed by atoms with van der Waals surface area (Å²) in [7, 11) is 0. The van der Waals surface area contributed by atoms with Crippen LogP contribution in [0.5, 0.6) is 0 Å². The standard InChI is InChI=1S/C17H11ClF4N4O/c1-9-4-5-12(19)13(7-9)25-16(27)10-8-24-26(14(10)17(20,21)22)15-11(18)3-2-6-23-15/h2-8H,1H3,(H,25,27). The molecule has 0 saturated heterocycles. The van der Waals surface area contributed by atoms with Gasteiger partial charge >= 0.3 is 6.18 Å². The van der Waals surface area contributed by atoms with E-state index in [1.165, 1.54) is 30.5 Å². The summed E-state index contributed by atoms with van der Waals surface area (Å²) in [6, 6.07) is 6.66. The maximum Gasteiger partial charge on any atom is 0.434 e. The van der Waals surface area contributed by atoms with Crippen LogP contribution in [0, 0.1) is 12.7 Å². The van der Waals surface area contributed by atoms with Crippen LogP contribution >= 0.6 is 11.6 Å². The van der Waals surface area contributed by atoms with Gasteiger partial charge in [-0.3, -0.25) is 4.79 Å². The Hall–Kier alpha value is -2.94. The molecule has 0 aliphatic heterocycles. The number of alkyl halides is 3. The Kier molecular flexibility index (Phi) is 4.88. The van der Waals surface area contributed by atoms with E-state index in [4.69, 9.17) is 11.6 Å². The van der Waals surface area contributed by atoms with E-state index < -0.39 is 29.2 Å². The number of hydrogen-bond donors (Lipinski definition) is 1. The van der Waals surface area contributed by atoms with Crippen molar-refractivity contribution in [2.75, 3.05) is 5.32 Å². The number of nitrogens with zero attached hydrogens (tertiary/aromatic N) is 3. The lowest BCUT2D eigenvalue weighted by Crippen LogP contribution is -2.21. The summed E-state index contributed by atoms with van der Waals surface area (Å²) < 4.78 is 55.1. The fourth-order valence-corrected chi connectivity index (χ4v) is 2.61. The molecule has 10 heteroatoms. The van der Waals surface area contributed by atoms with Gasteiger partial charge in [-0.15, -0.1) is 0 Å². The van der Waals surface area contributed by atoms with Gasteiger partial charge in [0.1, 0.15) is 5.82 Å². The lowest BCUT2D eigenvalue weighted by molar-refractivity contribution is -0.143. The van der Waals surface area contributed by atoms with Gasteiger partial charge in [-0.1, -0.05) is 17.7 Å². The van der Waals surface area contributed by atoms with Crippen LogP contribution in [0.4, 0.5) is 23.2 Å². The maximum absolute atomic E-state index is 13.8. The Morgan fingerprint density at radius 1 is 1.26 bits per heavy atom. The van der Waals surface area contributed by atoms with Gasteiger partial charge in [-0.05, 0) is 36.8 Å². The molecule has 0 spiro atoms. The highest BCUT2D eigenvalue weighted by Crippen LogP contribution is 2.35. The van der Waals surface area contributed by atoms with Crippen molar-refractivity contribution in [2.45, 2.75) is 13.1 Å². The van der Waals surface area contributed by atoms with E-state index in [0.717, 1.165) is 12.3 Å². The summed E-state index contributed by atoms with van der Waals surface area (Å²) in [5.41, 5.74) is -1.77. The number of carbonyl (C=O) groups is 1. The van der Waals surface area contributed by atoms with Crippen LogP contribution in [0.2, 0.25) is 5.02 Å². The van der Waals surface area contributed by atoms with Crippen molar-refractivity contribution in [3.63, 3.8) is 0 Å². The summed E-state index contributed by atoms with van der Waals surface area (Å²) in [5, 5.41) is 5.67. The third-order valence-corrected chi connectivity index (χ3v) is 3.89. The summed E-state index contributed by atoms with van der Waals surface area (Å²) in [6.07, 6.45) is -2.96. The summed E-state index contributed by atoms with van der Waals surface area (Å²) >= 11 is 5.90. The van der Waals surface area contributed by atoms with E-state index in [0.29, 0.717) is 10.2 Å². The van der Waals surface area contributed by atoms with Crippen molar-refractivity contribution in [3.8, 4) is 5.82 Å². The molecule has 0 radical (unpaired) electrons. The molecule has 0 saturated carbocycles. The molecular weight excluding hydrogens is 388 g/mol. The fraction of sp³-hybridized carbons (Fsp3) is 0.118. The molecule has 0 aliphatic rings. The van der Waals surface area contributed by atoms with Gasteiger partial charge in [-0.2, -0.15) is 18.3 Å². The van der Waals surface area contributed by atoms with E-state index >= 15 is 0 Å². The number of aryl methyl sites for hydroxylation is 1. The Morgan fingerprint density at radius 2 is 2.00 bits per heavy atom. The van der Waals surface area contributed by atoms with E-state index in [1.807, 2.05) is 0 Å². The first-order valence-electron chi connectivity index (χ1n) is 7.52. The van der Waals surface area contributed by atoms with Gasteiger partial charge in [0.15, 0.2) is 11.5 Å². The number of rotatable bonds is 3. The first kappa shape index (κ1) is 18.8. The highest BCUT2D eigenvalue weighted by molar-refractivity contribution is 6.32. The van der Waals surface area contributed by atoms with Gasteiger partial charge < -0.3 is 5.32 Å². The largest absolute Gasteiger partial charge is 0.434 e. The molecule has 2 heterocycles. The topological polar surface area (TPSA) is 59.8 Å². The molecule has 3 rings (SSSR count). The summed E-state index contributed by atoms with van der Waals surface area (Å²) in [6.45, 7) is 1.65. The van der Waals surface area contributed by atoms with E-state index in [1.54, 1.807) is 6.92 Å². The van der Waals surface area contributed by atoms with E-state index in [9.17, 15) is 22.4 Å². The number of benzene rings is 1. The zero-order valence-electron chi connectivity index (χ0n) is 13.7. The number of halogens is 5. The molecule has 1 amide bonds. The summed E-state index contributed by atoms with van der Waals surface area (Å²) in [5.74, 6) is -2.22. The summed E-state index contributed by atoms with van der Waals surface area (Å²) in [4.78, 5) is 16.2. The third kappa shape index (κ3) is 3.77. The molecule has 27 heavy (non-hydrogen) atoms. The number of pyridine rings is 1. The Labute approximate surface area is 155 Å². The third-order valence-electron chi connectivity index (χ3n) is 3.59. The molecule has 1 N–H and O–H groups in total. The van der Waals surface area contributed by atoms with Crippen LogP contribution in [0.3, 0.4) is 0 Å². The minimum atomic E-state index is -4.94. The van der Waals surface area contributed by atoms with Crippen LogP contribution in [-0.4, -0.2) is 20.7 Å². The second-order valence-corrected chi connectivity index (χ2v) is 5.97. The lowest BCUT2D eigenvalue weighted by Gasteiger charge is -2.13. The average molecular weight is 399 g/mol. The van der Waals surface area contributed by atoms with Crippen LogP contribution in [0.15, 0.2) is 42.7 Å². The normalized spacial score (nSPS) is 11.5. The average Bonchev–Trinajstić information content (AvgIpc) is 3.04. The van der Waals surface area contributed by atoms with Crippen molar-refractivity contribution >= 4 is 23.2 Å². The maximum atomic E-state index is 13.8. The minimum absolute atomic E-state index is 0.0808. The van der Waals surface area contributed by atoms with Crippen molar-refractivity contribution < 1.29 is 22.4 Å². The van der Waals surface area contributed by atoms with Crippen molar-refractivity contribution in [2.24, 2.45) is 0 Å². The van der Waals surface area contributed by atoms with Gasteiger partial charge in [-0.25, -0.2) is 14.1 Å². The van der Waals surface area contributed by atoms with Crippen molar-refractivity contribution in [1.29, 1.82) is 0 Å². The number of nitrogens with one attached hydrogen (secondary N) is 1. The van der Waals surface area contributed by atoms with Crippen molar-refractivity contribution in [1.82, 2.24) is 14.8 Å². The minimum Gasteiger partial charge on any atom is -0.319 e. The van der Waals surface area contributed by atoms with Gasteiger partial charge in [0, 0.05) is 6.20 Å². The molecule has 0 fully saturated rings. The molecule has 0 atom stereocenters. The van der Waals surface area contributed by atoms with Gasteiger partial charge in [0.2, 0.25) is 0 Å². The smallest absolute Gasteiger partial charge is 0.319 e. The van der Waals surface area contributed by atoms with E-state index in [-0.39, 0.29) is 16.5 Å². The Bertz CT molecular complexity index is 1020. The Balaban J connectivity index is 2.07. The first-order valence-corrected chi connectivity index (χ1v) is 7.90. The zero-order chi connectivity index (χ0) is 19.8. The van der Waals surface area contributed by atoms with Crippen LogP contribution < -0.4 is 5.32 Å².